The second-order valence-corrected chi connectivity index (χ2v) is 14.7. The minimum absolute atomic E-state index is 0.0876. The first-order valence-corrected chi connectivity index (χ1v) is 14.5. The van der Waals surface area contributed by atoms with Crippen LogP contribution in [-0.4, -0.2) is 48.4 Å². The lowest BCUT2D eigenvalue weighted by Crippen LogP contribution is -2.67. The molecular formula is C31H52O4. The van der Waals surface area contributed by atoms with Crippen molar-refractivity contribution in [2.45, 2.75) is 98.0 Å². The average molecular weight is 489 g/mol. The van der Waals surface area contributed by atoms with Gasteiger partial charge >= 0.3 is 0 Å². The first kappa shape index (κ1) is 26.2. The first-order valence-electron chi connectivity index (χ1n) is 14.5. The zero-order valence-corrected chi connectivity index (χ0v) is 23.1. The van der Waals surface area contributed by atoms with Crippen LogP contribution in [0.25, 0.3) is 0 Å². The molecule has 0 aromatic heterocycles. The van der Waals surface area contributed by atoms with Crippen molar-refractivity contribution in [2.75, 3.05) is 26.9 Å². The van der Waals surface area contributed by atoms with Crippen LogP contribution in [0.4, 0.5) is 0 Å². The van der Waals surface area contributed by atoms with Gasteiger partial charge in [-0.1, -0.05) is 34.3 Å². The molecule has 0 bridgehead atoms. The maximum absolute atomic E-state index is 11.0. The average Bonchev–Trinajstić information content (AvgIpc) is 3.21. The maximum Gasteiger partial charge on any atom is 0.0641 e. The largest absolute Gasteiger partial charge is 0.396 e. The SMILES string of the molecule is C=C(CO)[C@@H]1CC[C@]2(COC)CC[C@]3(C)C(CCC4[C@@]5(C)CCC(O)[C@@](C)(CO)[C@@H]5CC[C@]43C)C12. The number of hydrogen-bond donors (Lipinski definition) is 3. The van der Waals surface area contributed by atoms with Crippen LogP contribution < -0.4 is 0 Å². The van der Waals surface area contributed by atoms with Crippen molar-refractivity contribution in [2.24, 2.45) is 56.7 Å². The lowest BCUT2D eigenvalue weighted by molar-refractivity contribution is -0.255. The molecule has 0 spiro atoms. The molecule has 5 rings (SSSR count). The van der Waals surface area contributed by atoms with Crippen LogP contribution in [0.1, 0.15) is 91.9 Å². The maximum atomic E-state index is 11.0. The molecule has 200 valence electrons. The normalized spacial score (nSPS) is 55.4. The Morgan fingerprint density at radius 3 is 2.26 bits per heavy atom. The van der Waals surface area contributed by atoms with E-state index in [1.165, 1.54) is 38.5 Å². The lowest BCUT2D eigenvalue weighted by Gasteiger charge is -2.73. The number of rotatable bonds is 5. The summed E-state index contributed by atoms with van der Waals surface area (Å²) in [4.78, 5) is 0. The molecule has 0 radical (unpaired) electrons. The van der Waals surface area contributed by atoms with Crippen molar-refractivity contribution in [3.8, 4) is 0 Å². The van der Waals surface area contributed by atoms with E-state index in [4.69, 9.17) is 4.74 Å². The van der Waals surface area contributed by atoms with Crippen LogP contribution in [0, 0.1) is 56.7 Å². The van der Waals surface area contributed by atoms with E-state index in [-0.39, 0.29) is 40.3 Å². The molecule has 5 saturated carbocycles. The fraction of sp³-hybridized carbons (Fsp3) is 0.935. The highest BCUT2D eigenvalue weighted by molar-refractivity contribution is 5.22. The van der Waals surface area contributed by atoms with E-state index in [1.807, 2.05) is 7.11 Å². The van der Waals surface area contributed by atoms with Crippen LogP contribution in [0.2, 0.25) is 0 Å². The lowest BCUT2D eigenvalue weighted by atomic mass is 9.32. The Hall–Kier alpha value is -0.420. The number of fused-ring (bicyclic) bond motifs is 7. The summed E-state index contributed by atoms with van der Waals surface area (Å²) in [7, 11) is 1.86. The monoisotopic (exact) mass is 488 g/mol. The number of ether oxygens (including phenoxy) is 1. The summed E-state index contributed by atoms with van der Waals surface area (Å²) in [5.41, 5.74) is 1.57. The van der Waals surface area contributed by atoms with Crippen molar-refractivity contribution in [3.05, 3.63) is 12.2 Å². The fourth-order valence-electron chi connectivity index (χ4n) is 11.9. The third-order valence-electron chi connectivity index (χ3n) is 13.9. The Bertz CT molecular complexity index is 842. The van der Waals surface area contributed by atoms with Crippen molar-refractivity contribution in [1.29, 1.82) is 0 Å². The second-order valence-electron chi connectivity index (χ2n) is 14.7. The minimum atomic E-state index is -0.394. The smallest absolute Gasteiger partial charge is 0.0641 e. The number of aliphatic hydroxyl groups is 3. The Kier molecular flexibility index (Phi) is 6.40. The molecule has 4 heteroatoms. The molecule has 0 saturated heterocycles. The third-order valence-corrected chi connectivity index (χ3v) is 13.9. The molecule has 11 atom stereocenters. The van der Waals surface area contributed by atoms with E-state index in [9.17, 15) is 15.3 Å². The highest BCUT2D eigenvalue weighted by Crippen LogP contribution is 2.77. The van der Waals surface area contributed by atoms with Gasteiger partial charge in [-0.05, 0) is 121 Å². The van der Waals surface area contributed by atoms with Gasteiger partial charge in [0.15, 0.2) is 0 Å². The molecule has 5 aliphatic rings. The number of methoxy groups -OCH3 is 1. The van der Waals surface area contributed by atoms with Gasteiger partial charge in [-0.2, -0.15) is 0 Å². The molecule has 0 heterocycles. The highest BCUT2D eigenvalue weighted by Gasteiger charge is 2.71. The summed E-state index contributed by atoms with van der Waals surface area (Å²) in [5.74, 6) is 2.62. The zero-order valence-electron chi connectivity index (χ0n) is 23.1. The van der Waals surface area contributed by atoms with Crippen molar-refractivity contribution in [1.82, 2.24) is 0 Å². The summed E-state index contributed by atoms with van der Waals surface area (Å²) in [6, 6.07) is 0. The van der Waals surface area contributed by atoms with Crippen LogP contribution >= 0.6 is 0 Å². The van der Waals surface area contributed by atoms with Gasteiger partial charge in [-0.3, -0.25) is 0 Å². The topological polar surface area (TPSA) is 69.9 Å². The van der Waals surface area contributed by atoms with Gasteiger partial charge < -0.3 is 20.1 Å². The van der Waals surface area contributed by atoms with E-state index in [0.717, 1.165) is 37.9 Å². The summed E-state index contributed by atoms with van der Waals surface area (Å²) in [6.45, 7) is 15.3. The molecule has 0 aromatic carbocycles. The van der Waals surface area contributed by atoms with Gasteiger partial charge in [-0.15, -0.1) is 0 Å². The van der Waals surface area contributed by atoms with E-state index in [2.05, 4.69) is 34.3 Å². The summed E-state index contributed by atoms with van der Waals surface area (Å²) < 4.78 is 5.88. The molecule has 3 N–H and O–H groups in total. The number of hydrogen-bond acceptors (Lipinski definition) is 4. The second kappa shape index (κ2) is 8.55. The molecule has 4 nitrogen and oxygen atoms in total. The van der Waals surface area contributed by atoms with Crippen molar-refractivity contribution >= 4 is 0 Å². The van der Waals surface area contributed by atoms with Crippen LogP contribution in [0.5, 0.6) is 0 Å². The zero-order chi connectivity index (χ0) is 25.4. The quantitative estimate of drug-likeness (QED) is 0.441. The van der Waals surface area contributed by atoms with Crippen molar-refractivity contribution in [3.63, 3.8) is 0 Å². The van der Waals surface area contributed by atoms with E-state index < -0.39 is 6.10 Å². The summed E-state index contributed by atoms with van der Waals surface area (Å²) >= 11 is 0. The van der Waals surface area contributed by atoms with Crippen LogP contribution in [0.3, 0.4) is 0 Å². The molecule has 5 fully saturated rings. The Balaban J connectivity index is 1.54. The Labute approximate surface area is 213 Å². The molecule has 35 heavy (non-hydrogen) atoms. The van der Waals surface area contributed by atoms with E-state index >= 15 is 0 Å². The van der Waals surface area contributed by atoms with Crippen molar-refractivity contribution < 1.29 is 20.1 Å². The first-order chi connectivity index (χ1) is 16.5. The minimum Gasteiger partial charge on any atom is -0.396 e. The molecule has 0 aromatic rings. The van der Waals surface area contributed by atoms with E-state index in [1.54, 1.807) is 0 Å². The molecule has 0 amide bonds. The van der Waals surface area contributed by atoms with Gasteiger partial charge in [0, 0.05) is 12.5 Å². The highest BCUT2D eigenvalue weighted by atomic mass is 16.5. The van der Waals surface area contributed by atoms with Gasteiger partial charge in [0.2, 0.25) is 0 Å². The van der Waals surface area contributed by atoms with Gasteiger partial charge in [0.25, 0.3) is 0 Å². The van der Waals surface area contributed by atoms with Gasteiger partial charge in [0.1, 0.15) is 0 Å². The predicted octanol–water partition coefficient (Wildman–Crippen LogP) is 5.60. The molecular weight excluding hydrogens is 436 g/mol. The Morgan fingerprint density at radius 1 is 0.857 bits per heavy atom. The summed E-state index contributed by atoms with van der Waals surface area (Å²) in [5, 5.41) is 31.5. The molecule has 5 aliphatic carbocycles. The fourth-order valence-corrected chi connectivity index (χ4v) is 11.9. The summed E-state index contributed by atoms with van der Waals surface area (Å²) in [6.07, 6.45) is 11.2. The Morgan fingerprint density at radius 2 is 1.60 bits per heavy atom. The van der Waals surface area contributed by atoms with Crippen LogP contribution in [-0.2, 0) is 4.74 Å². The molecule has 0 aliphatic heterocycles. The van der Waals surface area contributed by atoms with Gasteiger partial charge in [-0.25, -0.2) is 0 Å². The standard InChI is InChI=1S/C31H52O4/c1-20(17-32)21-9-14-31(19-35-6)16-15-29(4)22(26(21)31)7-8-24-27(2)12-11-25(34)28(3,18-33)23(27)10-13-30(24,29)5/h21-26,32-34H,1,7-19H2,2-6H3/t21-,22?,23+,24?,25?,26?,27-,28-,29+,30+,31+/m0/s1. The van der Waals surface area contributed by atoms with Gasteiger partial charge in [0.05, 0.1) is 25.9 Å². The molecule has 4 unspecified atom stereocenters. The van der Waals surface area contributed by atoms with Crippen LogP contribution in [0.15, 0.2) is 12.2 Å². The number of aliphatic hydroxyl groups excluding tert-OH is 3. The predicted molar refractivity (Wildman–Crippen MR) is 140 cm³/mol. The van der Waals surface area contributed by atoms with E-state index in [0.29, 0.717) is 29.6 Å². The third kappa shape index (κ3) is 3.25.